The average Bonchev–Trinajstić information content (AvgIpc) is 3.72. The van der Waals surface area contributed by atoms with Crippen LogP contribution in [0.4, 0.5) is 11.4 Å². The fourth-order valence-electron chi connectivity index (χ4n) is 9.54. The number of benzene rings is 2. The van der Waals surface area contributed by atoms with Crippen LogP contribution in [0.3, 0.4) is 0 Å². The van der Waals surface area contributed by atoms with Gasteiger partial charge in [-0.05, 0) is 78.9 Å². The quantitative estimate of drug-likeness (QED) is 0.242. The van der Waals surface area contributed by atoms with Gasteiger partial charge in [0.1, 0.15) is 13.1 Å². The van der Waals surface area contributed by atoms with Crippen molar-refractivity contribution in [1.82, 2.24) is 13.7 Å². The molecule has 0 aromatic heterocycles. The molecule has 2 saturated heterocycles. The Morgan fingerprint density at radius 1 is 0.694 bits per heavy atom. The van der Waals surface area contributed by atoms with E-state index < -0.39 is 54.6 Å². The standard InChI is InChI=1S/C46H59N6O8S2/c1-45(2)35-28-33(61(56,57)47(5)6)16-18-37(35)49(9)39(45)20-14-30-12-11-13-31(43(30)51-26-24-32(25-27-51)44(55)60-52-41(53)22-23-42(52)54)15-21-40-46(3,4)36-29-34(62(58,59)48(7)8)17-19-38(36)50(40)10/h14-21,28-29,32H,11-13,22-27H2,1-10H3/q+1. The van der Waals surface area contributed by atoms with E-state index in [2.05, 4.69) is 66.4 Å². The van der Waals surface area contributed by atoms with Gasteiger partial charge in [-0.2, -0.15) is 0 Å². The molecule has 7 rings (SSSR count). The molecule has 332 valence electrons. The molecule has 14 nitrogen and oxygen atoms in total. The van der Waals surface area contributed by atoms with Gasteiger partial charge in [-0.3, -0.25) is 9.59 Å². The zero-order chi connectivity index (χ0) is 45.3. The van der Waals surface area contributed by atoms with E-state index in [4.69, 9.17) is 4.84 Å². The van der Waals surface area contributed by atoms with Crippen LogP contribution in [0, 0.1) is 5.92 Å². The number of fused-ring (bicyclic) bond motifs is 2. The number of hydrogen-bond acceptors (Lipinski definition) is 10. The van der Waals surface area contributed by atoms with Gasteiger partial charge in [0, 0.05) is 113 Å². The minimum atomic E-state index is -3.64. The largest absolute Gasteiger partial charge is 0.347 e. The van der Waals surface area contributed by atoms with Crippen LogP contribution in [-0.4, -0.2) is 114 Å². The van der Waals surface area contributed by atoms with Crippen LogP contribution in [-0.2, 0) is 50.1 Å². The van der Waals surface area contributed by atoms with Crippen molar-refractivity contribution >= 4 is 54.9 Å². The Morgan fingerprint density at radius 2 is 1.11 bits per heavy atom. The van der Waals surface area contributed by atoms with Crippen molar-refractivity contribution in [2.75, 3.05) is 65.2 Å². The highest BCUT2D eigenvalue weighted by atomic mass is 32.2. The molecule has 0 radical (unpaired) electrons. The average molecular weight is 888 g/mol. The van der Waals surface area contributed by atoms with Gasteiger partial charge in [0.05, 0.1) is 15.7 Å². The fourth-order valence-corrected chi connectivity index (χ4v) is 11.4. The summed E-state index contributed by atoms with van der Waals surface area (Å²) in [7, 11) is 2.87. The Kier molecular flexibility index (Phi) is 11.9. The van der Waals surface area contributed by atoms with E-state index >= 15 is 0 Å². The number of likely N-dealkylation sites (N-methyl/N-ethyl adjacent to an activating group) is 2. The summed E-state index contributed by atoms with van der Waals surface area (Å²) in [4.78, 5) is 47.7. The maximum atomic E-state index is 13.2. The molecule has 0 atom stereocenters. The van der Waals surface area contributed by atoms with Crippen LogP contribution in [0.1, 0.15) is 83.8 Å². The third kappa shape index (κ3) is 7.77. The van der Waals surface area contributed by atoms with Gasteiger partial charge in [0.2, 0.25) is 25.8 Å². The van der Waals surface area contributed by atoms with E-state index in [1.165, 1.54) is 36.8 Å². The lowest BCUT2D eigenvalue weighted by atomic mass is 9.82. The number of amides is 2. The first-order chi connectivity index (χ1) is 29.0. The first-order valence-corrected chi connectivity index (χ1v) is 24.0. The number of carbonyl (C=O) groups is 3. The van der Waals surface area contributed by atoms with Crippen molar-refractivity contribution in [3.8, 4) is 0 Å². The number of nitrogens with zero attached hydrogens (tertiary/aromatic N) is 6. The molecule has 4 heterocycles. The van der Waals surface area contributed by atoms with E-state index in [1.807, 2.05) is 26.2 Å². The van der Waals surface area contributed by atoms with Crippen molar-refractivity contribution < 1.29 is 40.6 Å². The van der Waals surface area contributed by atoms with Crippen LogP contribution in [0.15, 0.2) is 93.0 Å². The topological polar surface area (TPSA) is 148 Å². The second-order valence-electron chi connectivity index (χ2n) is 18.2. The van der Waals surface area contributed by atoms with Crippen LogP contribution in [0.25, 0.3) is 0 Å². The number of anilines is 2. The molecule has 0 N–H and O–H groups in total. The fraction of sp³-hybridized carbons (Fsp3) is 0.478. The lowest BCUT2D eigenvalue weighted by Gasteiger charge is -2.27. The van der Waals surface area contributed by atoms with Crippen molar-refractivity contribution in [2.24, 2.45) is 5.92 Å². The molecule has 0 unspecified atom stereocenters. The van der Waals surface area contributed by atoms with Crippen LogP contribution in [0.2, 0.25) is 0 Å². The lowest BCUT2D eigenvalue weighted by molar-refractivity contribution is -0.539. The molecule has 1 saturated carbocycles. The Morgan fingerprint density at radius 3 is 1.52 bits per heavy atom. The van der Waals surface area contributed by atoms with Gasteiger partial charge in [-0.25, -0.2) is 34.8 Å². The number of hydrogen-bond donors (Lipinski definition) is 0. The summed E-state index contributed by atoms with van der Waals surface area (Å²) >= 11 is 0. The normalized spacial score (nSPS) is 24.1. The first-order valence-electron chi connectivity index (χ1n) is 21.1. The first kappa shape index (κ1) is 45.1. The van der Waals surface area contributed by atoms with Crippen molar-refractivity contribution in [3.05, 3.63) is 94.4 Å². The van der Waals surface area contributed by atoms with Crippen molar-refractivity contribution in [1.29, 1.82) is 0 Å². The zero-order valence-corrected chi connectivity index (χ0v) is 39.1. The van der Waals surface area contributed by atoms with E-state index in [0.29, 0.717) is 31.0 Å². The molecule has 2 aromatic rings. The minimum absolute atomic E-state index is 0.0380. The highest BCUT2D eigenvalue weighted by Crippen LogP contribution is 2.49. The molecule has 2 aromatic carbocycles. The predicted molar refractivity (Wildman–Crippen MR) is 239 cm³/mol. The highest BCUT2D eigenvalue weighted by Gasteiger charge is 2.42. The number of imide groups is 1. The van der Waals surface area contributed by atoms with Crippen LogP contribution >= 0.6 is 0 Å². The molecular formula is C46H59N6O8S2+. The minimum Gasteiger partial charge on any atom is -0.347 e. The summed E-state index contributed by atoms with van der Waals surface area (Å²) in [6.07, 6.45) is 12.2. The van der Waals surface area contributed by atoms with E-state index in [9.17, 15) is 31.2 Å². The molecule has 4 aliphatic heterocycles. The predicted octanol–water partition coefficient (Wildman–Crippen LogP) is 5.62. The van der Waals surface area contributed by atoms with Gasteiger partial charge in [-0.15, -0.1) is 5.06 Å². The lowest BCUT2D eigenvalue weighted by Crippen LogP contribution is -2.39. The van der Waals surface area contributed by atoms with E-state index in [0.717, 1.165) is 70.0 Å². The number of carbonyl (C=O) groups excluding carboxylic acids is 3. The van der Waals surface area contributed by atoms with Crippen molar-refractivity contribution in [3.63, 3.8) is 0 Å². The summed E-state index contributed by atoms with van der Waals surface area (Å²) in [5.41, 5.74) is 8.13. The molecule has 62 heavy (non-hydrogen) atoms. The van der Waals surface area contributed by atoms with Gasteiger partial charge >= 0.3 is 5.97 Å². The molecule has 0 bridgehead atoms. The smallest absolute Gasteiger partial charge is 0.336 e. The van der Waals surface area contributed by atoms with Crippen molar-refractivity contribution in [2.45, 2.75) is 93.3 Å². The van der Waals surface area contributed by atoms with E-state index in [1.54, 1.807) is 24.3 Å². The molecule has 3 fully saturated rings. The Hall–Kier alpha value is -4.90. The van der Waals surface area contributed by atoms with Gasteiger partial charge in [0.25, 0.3) is 11.8 Å². The van der Waals surface area contributed by atoms with Gasteiger partial charge in [0.15, 0.2) is 0 Å². The number of piperidine rings is 1. The number of rotatable bonds is 8. The summed E-state index contributed by atoms with van der Waals surface area (Å²) in [6.45, 7) is 9.55. The maximum absolute atomic E-state index is 13.2. The Bertz CT molecular complexity index is 2470. The molecule has 5 aliphatic rings. The number of allylic oxidation sites excluding steroid dienone is 8. The third-order valence-electron chi connectivity index (χ3n) is 13.3. The molecular weight excluding hydrogens is 829 g/mol. The van der Waals surface area contributed by atoms with Gasteiger partial charge in [-0.1, -0.05) is 39.8 Å². The van der Waals surface area contributed by atoms with Gasteiger partial charge < -0.3 is 14.6 Å². The summed E-state index contributed by atoms with van der Waals surface area (Å²) in [5.74, 6) is -2.03. The highest BCUT2D eigenvalue weighted by molar-refractivity contribution is 7.89. The summed E-state index contributed by atoms with van der Waals surface area (Å²) < 4.78 is 57.3. The SMILES string of the molecule is CN1/C(=C\C=C2\CCC/C(=C\C=C3/N(C)c4ccc(S(=O)(=O)N(C)C)cc4C3(C)C)C2=[N+]2CCC(C(=O)ON3C(=O)CCC3=O)CC2)C(C)(C)c2cc(S(=O)(=O)N(C)C)ccc21. The molecule has 2 amide bonds. The number of sulfonamides is 2. The summed E-state index contributed by atoms with van der Waals surface area (Å²) in [6, 6.07) is 10.6. The Labute approximate surface area is 366 Å². The zero-order valence-electron chi connectivity index (χ0n) is 37.5. The summed E-state index contributed by atoms with van der Waals surface area (Å²) in [5, 5.41) is 0.622. The number of hydroxylamine groups is 2. The van der Waals surface area contributed by atoms with Crippen LogP contribution < -0.4 is 9.80 Å². The monoisotopic (exact) mass is 887 g/mol. The molecule has 16 heteroatoms. The van der Waals surface area contributed by atoms with Crippen LogP contribution in [0.5, 0.6) is 0 Å². The molecule has 1 aliphatic carbocycles. The maximum Gasteiger partial charge on any atom is 0.336 e. The second kappa shape index (κ2) is 16.3. The second-order valence-corrected chi connectivity index (χ2v) is 22.5. The third-order valence-corrected chi connectivity index (χ3v) is 16.9. The van der Waals surface area contributed by atoms with E-state index in [-0.39, 0.29) is 22.6 Å². The molecule has 0 spiro atoms. The Balaban J connectivity index is 1.26.